The highest BCUT2D eigenvalue weighted by Gasteiger charge is 2.24. The molecule has 0 saturated carbocycles. The summed E-state index contributed by atoms with van der Waals surface area (Å²) in [4.78, 5) is 15.7. The highest BCUT2D eigenvalue weighted by Crippen LogP contribution is 2.29. The van der Waals surface area contributed by atoms with Crippen LogP contribution in [0, 0.1) is 5.82 Å². The summed E-state index contributed by atoms with van der Waals surface area (Å²) in [7, 11) is 1.64. The molecular formula is C17H27ClFIN4O. The average Bonchev–Trinajstić information content (AvgIpc) is 2.52. The molecule has 0 aliphatic heterocycles. The van der Waals surface area contributed by atoms with E-state index < -0.39 is 0 Å². The molecule has 25 heavy (non-hydrogen) atoms. The van der Waals surface area contributed by atoms with E-state index in [1.807, 2.05) is 20.8 Å². The molecule has 142 valence electrons. The second kappa shape index (κ2) is 11.5. The monoisotopic (exact) mass is 484 g/mol. The molecule has 0 aliphatic carbocycles. The third kappa shape index (κ3) is 8.22. The first-order chi connectivity index (χ1) is 11.3. The molecular weight excluding hydrogens is 458 g/mol. The van der Waals surface area contributed by atoms with Crippen LogP contribution in [0.15, 0.2) is 23.2 Å². The van der Waals surface area contributed by atoms with Crippen LogP contribution in [0.2, 0.25) is 5.02 Å². The lowest BCUT2D eigenvalue weighted by atomic mass is 9.84. The van der Waals surface area contributed by atoms with Crippen molar-refractivity contribution < 1.29 is 9.18 Å². The number of halogens is 3. The second-order valence-electron chi connectivity index (χ2n) is 6.14. The molecule has 1 aromatic rings. The highest BCUT2D eigenvalue weighted by molar-refractivity contribution is 14.0. The number of nitrogens with one attached hydrogen (secondary N) is 3. The van der Waals surface area contributed by atoms with E-state index in [0.29, 0.717) is 24.1 Å². The highest BCUT2D eigenvalue weighted by atomic mass is 127. The third-order valence-electron chi connectivity index (χ3n) is 3.57. The Morgan fingerprint density at radius 3 is 2.52 bits per heavy atom. The Kier molecular flexibility index (Phi) is 11.0. The molecule has 0 heterocycles. The molecule has 0 atom stereocenters. The van der Waals surface area contributed by atoms with E-state index in [9.17, 15) is 9.18 Å². The number of hydrogen-bond acceptors (Lipinski definition) is 2. The molecule has 0 aromatic heterocycles. The van der Waals surface area contributed by atoms with Crippen molar-refractivity contribution in [3.63, 3.8) is 0 Å². The zero-order valence-corrected chi connectivity index (χ0v) is 18.2. The fourth-order valence-electron chi connectivity index (χ4n) is 2.15. The molecule has 1 aromatic carbocycles. The van der Waals surface area contributed by atoms with Crippen LogP contribution < -0.4 is 16.0 Å². The van der Waals surface area contributed by atoms with Crippen LogP contribution in [0.3, 0.4) is 0 Å². The van der Waals surface area contributed by atoms with Crippen LogP contribution >= 0.6 is 35.6 Å². The zero-order valence-electron chi connectivity index (χ0n) is 15.1. The summed E-state index contributed by atoms with van der Waals surface area (Å²) in [6, 6.07) is 4.39. The first-order valence-corrected chi connectivity index (χ1v) is 8.34. The van der Waals surface area contributed by atoms with Crippen molar-refractivity contribution >= 4 is 47.4 Å². The van der Waals surface area contributed by atoms with Gasteiger partial charge in [-0.1, -0.05) is 38.4 Å². The number of guanidine groups is 1. The molecule has 5 nitrogen and oxygen atoms in total. The predicted octanol–water partition coefficient (Wildman–Crippen LogP) is 3.07. The van der Waals surface area contributed by atoms with Gasteiger partial charge in [0.15, 0.2) is 5.96 Å². The Balaban J connectivity index is 0.00000576. The minimum atomic E-state index is -0.358. The van der Waals surface area contributed by atoms with Crippen molar-refractivity contribution in [3.8, 4) is 0 Å². The number of aliphatic imine (C=N–C) groups is 1. The van der Waals surface area contributed by atoms with E-state index in [-0.39, 0.29) is 47.7 Å². The van der Waals surface area contributed by atoms with Gasteiger partial charge in [-0.15, -0.1) is 24.0 Å². The lowest BCUT2D eigenvalue weighted by molar-refractivity contribution is -0.120. The summed E-state index contributed by atoms with van der Waals surface area (Å²) in [6.45, 7) is 7.33. The maximum atomic E-state index is 13.2. The number of carbonyl (C=O) groups excluding carboxylic acids is 1. The molecule has 0 unspecified atom stereocenters. The maximum absolute atomic E-state index is 13.2. The third-order valence-corrected chi connectivity index (χ3v) is 3.88. The fourth-order valence-corrected chi connectivity index (χ4v) is 2.57. The number of hydrogen-bond donors (Lipinski definition) is 3. The summed E-state index contributed by atoms with van der Waals surface area (Å²) in [5.41, 5.74) is 0.501. The summed E-state index contributed by atoms with van der Waals surface area (Å²) in [5.74, 6) is 0.0803. The van der Waals surface area contributed by atoms with Crippen LogP contribution in [0.4, 0.5) is 4.39 Å². The summed E-state index contributed by atoms with van der Waals surface area (Å²) < 4.78 is 13.2. The van der Waals surface area contributed by atoms with E-state index in [2.05, 4.69) is 20.9 Å². The van der Waals surface area contributed by atoms with Crippen molar-refractivity contribution in [2.45, 2.75) is 32.6 Å². The van der Waals surface area contributed by atoms with Crippen LogP contribution in [0.25, 0.3) is 0 Å². The van der Waals surface area contributed by atoms with Crippen LogP contribution in [-0.4, -0.2) is 38.5 Å². The lowest BCUT2D eigenvalue weighted by Crippen LogP contribution is -2.46. The number of amides is 1. The van der Waals surface area contributed by atoms with Gasteiger partial charge in [0, 0.05) is 30.6 Å². The molecule has 0 bridgehead atoms. The van der Waals surface area contributed by atoms with Gasteiger partial charge in [-0.05, 0) is 24.1 Å². The Hall–Kier alpha value is -1.09. The van der Waals surface area contributed by atoms with Crippen molar-refractivity contribution in [1.29, 1.82) is 0 Å². The quantitative estimate of drug-likeness (QED) is 0.317. The van der Waals surface area contributed by atoms with Crippen LogP contribution in [-0.2, 0) is 10.2 Å². The molecule has 1 amide bonds. The molecule has 1 rings (SSSR count). The Labute approximate surface area is 171 Å². The number of rotatable bonds is 7. The second-order valence-corrected chi connectivity index (χ2v) is 6.54. The Bertz CT molecular complexity index is 596. The summed E-state index contributed by atoms with van der Waals surface area (Å²) in [5, 5.41) is 9.31. The maximum Gasteiger partial charge on any atom is 0.239 e. The Morgan fingerprint density at radius 2 is 1.96 bits per heavy atom. The van der Waals surface area contributed by atoms with Crippen LogP contribution in [0.1, 0.15) is 32.8 Å². The minimum Gasteiger partial charge on any atom is -0.356 e. The molecule has 8 heteroatoms. The van der Waals surface area contributed by atoms with Gasteiger partial charge in [0.25, 0.3) is 0 Å². The first kappa shape index (κ1) is 23.9. The molecule has 0 aliphatic rings. The standard InChI is InChI=1S/C17H26ClFN4O.HI/c1-5-8-21-15(24)10-22-16(20-4)23-11-17(2,3)13-7-6-12(19)9-14(13)18;/h6-7,9H,5,8,10-11H2,1-4H3,(H,21,24)(H2,20,22,23);1H. The normalized spacial score (nSPS) is 11.5. The van der Waals surface area contributed by atoms with E-state index >= 15 is 0 Å². The molecule has 0 spiro atoms. The predicted molar refractivity (Wildman–Crippen MR) is 113 cm³/mol. The molecule has 0 fully saturated rings. The van der Waals surface area contributed by atoms with Gasteiger partial charge in [-0.25, -0.2) is 4.39 Å². The van der Waals surface area contributed by atoms with E-state index in [0.717, 1.165) is 12.0 Å². The molecule has 0 saturated heterocycles. The topological polar surface area (TPSA) is 65.5 Å². The smallest absolute Gasteiger partial charge is 0.239 e. The minimum absolute atomic E-state index is 0. The van der Waals surface area contributed by atoms with Crippen molar-refractivity contribution in [2.24, 2.45) is 4.99 Å². The summed E-state index contributed by atoms with van der Waals surface area (Å²) in [6.07, 6.45) is 0.894. The van der Waals surface area contributed by atoms with E-state index in [1.54, 1.807) is 13.1 Å². The van der Waals surface area contributed by atoms with E-state index in [4.69, 9.17) is 11.6 Å². The Morgan fingerprint density at radius 1 is 1.28 bits per heavy atom. The van der Waals surface area contributed by atoms with Gasteiger partial charge in [-0.3, -0.25) is 9.79 Å². The fraction of sp³-hybridized carbons (Fsp3) is 0.529. The number of nitrogens with zero attached hydrogens (tertiary/aromatic N) is 1. The van der Waals surface area contributed by atoms with Gasteiger partial charge < -0.3 is 16.0 Å². The first-order valence-electron chi connectivity index (χ1n) is 7.97. The molecule has 3 N–H and O–H groups in total. The van der Waals surface area contributed by atoms with Gasteiger partial charge in [0.05, 0.1) is 6.54 Å². The number of benzene rings is 1. The van der Waals surface area contributed by atoms with Gasteiger partial charge in [0.2, 0.25) is 5.91 Å². The van der Waals surface area contributed by atoms with Crippen LogP contribution in [0.5, 0.6) is 0 Å². The van der Waals surface area contributed by atoms with Crippen molar-refractivity contribution in [3.05, 3.63) is 34.6 Å². The van der Waals surface area contributed by atoms with Crippen molar-refractivity contribution in [1.82, 2.24) is 16.0 Å². The SMILES string of the molecule is CCCNC(=O)CNC(=NC)NCC(C)(C)c1ccc(F)cc1Cl.I. The largest absolute Gasteiger partial charge is 0.356 e. The average molecular weight is 485 g/mol. The van der Waals surface area contributed by atoms with Gasteiger partial charge >= 0.3 is 0 Å². The van der Waals surface area contributed by atoms with Gasteiger partial charge in [-0.2, -0.15) is 0 Å². The zero-order chi connectivity index (χ0) is 18.2. The molecule has 0 radical (unpaired) electrons. The number of carbonyl (C=O) groups is 1. The lowest BCUT2D eigenvalue weighted by Gasteiger charge is -2.27. The van der Waals surface area contributed by atoms with E-state index in [1.165, 1.54) is 12.1 Å². The van der Waals surface area contributed by atoms with Crippen molar-refractivity contribution in [2.75, 3.05) is 26.7 Å². The van der Waals surface area contributed by atoms with Gasteiger partial charge in [0.1, 0.15) is 5.82 Å². The summed E-state index contributed by atoms with van der Waals surface area (Å²) >= 11 is 6.15.